The fourth-order valence-electron chi connectivity index (χ4n) is 5.90. The van der Waals surface area contributed by atoms with Crippen LogP contribution < -0.4 is 14.8 Å². The van der Waals surface area contributed by atoms with Gasteiger partial charge in [-0.3, -0.25) is 14.5 Å². The van der Waals surface area contributed by atoms with Crippen LogP contribution in [-0.4, -0.2) is 46.4 Å². The number of hydrogen-bond acceptors (Lipinski definition) is 5. The van der Waals surface area contributed by atoms with Crippen LogP contribution in [0.4, 0.5) is 4.79 Å². The van der Waals surface area contributed by atoms with Gasteiger partial charge in [0.1, 0.15) is 12.1 Å². The molecule has 3 amide bonds. The lowest BCUT2D eigenvalue weighted by Crippen LogP contribution is -2.46. The van der Waals surface area contributed by atoms with Crippen molar-refractivity contribution < 1.29 is 23.9 Å². The van der Waals surface area contributed by atoms with Crippen molar-refractivity contribution in [3.05, 3.63) is 82.7 Å². The summed E-state index contributed by atoms with van der Waals surface area (Å²) >= 11 is 0. The number of benzene rings is 2. The second kappa shape index (κ2) is 8.80. The van der Waals surface area contributed by atoms with Crippen molar-refractivity contribution >= 4 is 17.7 Å². The Morgan fingerprint density at radius 1 is 1.08 bits per heavy atom. The third kappa shape index (κ3) is 3.79. The van der Waals surface area contributed by atoms with Crippen molar-refractivity contribution in [3.63, 3.8) is 0 Å². The summed E-state index contributed by atoms with van der Waals surface area (Å²) < 4.78 is 14.0. The molecule has 3 aliphatic rings. The van der Waals surface area contributed by atoms with Crippen molar-refractivity contribution in [2.75, 3.05) is 13.2 Å². The number of aromatic nitrogens is 1. The van der Waals surface area contributed by atoms with Gasteiger partial charge in [0.25, 0.3) is 5.91 Å². The maximum atomic E-state index is 13.6. The molecule has 8 heteroatoms. The third-order valence-electron chi connectivity index (χ3n) is 7.78. The molecular formula is C29H29N3O5. The van der Waals surface area contributed by atoms with Crippen LogP contribution in [0.3, 0.4) is 0 Å². The molecule has 2 aliphatic heterocycles. The molecule has 3 aromatic rings. The van der Waals surface area contributed by atoms with Crippen LogP contribution in [0.5, 0.6) is 11.5 Å². The predicted octanol–water partition coefficient (Wildman–Crippen LogP) is 3.91. The minimum Gasteiger partial charge on any atom is -0.486 e. The normalized spacial score (nSPS) is 22.2. The van der Waals surface area contributed by atoms with E-state index in [4.69, 9.17) is 9.47 Å². The number of carbonyl (C=O) groups is 3. The average molecular weight is 500 g/mol. The maximum Gasteiger partial charge on any atom is 0.325 e. The van der Waals surface area contributed by atoms with Gasteiger partial charge in [-0.15, -0.1) is 0 Å². The van der Waals surface area contributed by atoms with E-state index in [2.05, 4.69) is 5.32 Å². The smallest absolute Gasteiger partial charge is 0.325 e. The van der Waals surface area contributed by atoms with Crippen LogP contribution in [0.15, 0.2) is 54.6 Å². The highest BCUT2D eigenvalue weighted by Gasteiger charge is 2.54. The van der Waals surface area contributed by atoms with Gasteiger partial charge in [0, 0.05) is 17.0 Å². The minimum absolute atomic E-state index is 0.209. The average Bonchev–Trinajstić information content (AvgIpc) is 3.31. The summed E-state index contributed by atoms with van der Waals surface area (Å²) in [5.41, 5.74) is 2.99. The summed E-state index contributed by atoms with van der Waals surface area (Å²) in [4.78, 5) is 41.0. The fourth-order valence-corrected chi connectivity index (χ4v) is 5.90. The van der Waals surface area contributed by atoms with E-state index in [1.807, 2.05) is 73.0 Å². The molecule has 2 atom stereocenters. The van der Waals surface area contributed by atoms with Crippen LogP contribution in [0.1, 0.15) is 45.7 Å². The van der Waals surface area contributed by atoms with Gasteiger partial charge in [0.2, 0.25) is 0 Å². The van der Waals surface area contributed by atoms with Gasteiger partial charge in [0.05, 0.1) is 13.1 Å². The highest BCUT2D eigenvalue weighted by atomic mass is 16.6. The van der Waals surface area contributed by atoms with Crippen molar-refractivity contribution in [1.82, 2.24) is 14.8 Å². The number of urea groups is 1. The van der Waals surface area contributed by atoms with Crippen molar-refractivity contribution in [2.45, 2.75) is 51.3 Å². The van der Waals surface area contributed by atoms with Gasteiger partial charge < -0.3 is 19.4 Å². The van der Waals surface area contributed by atoms with Gasteiger partial charge in [-0.2, -0.15) is 0 Å². The summed E-state index contributed by atoms with van der Waals surface area (Å²) in [5, 5.41) is 2.93. The second-order valence-corrected chi connectivity index (χ2v) is 10.1. The summed E-state index contributed by atoms with van der Waals surface area (Å²) in [6, 6.07) is 16.6. The van der Waals surface area contributed by atoms with Crippen molar-refractivity contribution in [2.24, 2.45) is 0 Å². The SMILES string of the molecule is Cc1cc(C(=O)CN2C(=O)N[C@@]3(CCCc4ccccc43)C2=O)c(C)n1C[C@H]1COc2ccccc2O1. The summed E-state index contributed by atoms with van der Waals surface area (Å²) in [6.07, 6.45) is 1.98. The molecule has 2 aromatic carbocycles. The Balaban J connectivity index is 1.20. The molecule has 0 bridgehead atoms. The van der Waals surface area contributed by atoms with Gasteiger partial charge >= 0.3 is 6.03 Å². The van der Waals surface area contributed by atoms with E-state index in [-0.39, 0.29) is 24.3 Å². The monoisotopic (exact) mass is 499 g/mol. The molecule has 1 saturated heterocycles. The number of fused-ring (bicyclic) bond motifs is 3. The first-order valence-corrected chi connectivity index (χ1v) is 12.7. The van der Waals surface area contributed by atoms with Crippen LogP contribution in [-0.2, 0) is 23.3 Å². The number of rotatable bonds is 5. The number of Topliss-reactive ketones (excluding diaryl/α,β-unsaturated/α-hetero) is 1. The van der Waals surface area contributed by atoms with Gasteiger partial charge in [-0.1, -0.05) is 36.4 Å². The fraction of sp³-hybridized carbons (Fsp3) is 0.345. The Labute approximate surface area is 215 Å². The molecule has 1 N–H and O–H groups in total. The van der Waals surface area contributed by atoms with Crippen LogP contribution >= 0.6 is 0 Å². The molecule has 1 aromatic heterocycles. The second-order valence-electron chi connectivity index (χ2n) is 10.1. The van der Waals surface area contributed by atoms with Crippen LogP contribution in [0.2, 0.25) is 0 Å². The van der Waals surface area contributed by atoms with Crippen LogP contribution in [0, 0.1) is 13.8 Å². The number of ether oxygens (including phenoxy) is 2. The number of imide groups is 1. The zero-order valence-electron chi connectivity index (χ0n) is 21.0. The molecule has 0 radical (unpaired) electrons. The summed E-state index contributed by atoms with van der Waals surface area (Å²) in [6.45, 7) is 4.44. The van der Waals surface area contributed by atoms with Crippen LogP contribution in [0.25, 0.3) is 0 Å². The highest BCUT2D eigenvalue weighted by Crippen LogP contribution is 2.40. The van der Waals surface area contributed by atoms with E-state index in [0.717, 1.165) is 46.0 Å². The maximum absolute atomic E-state index is 13.6. The molecule has 0 saturated carbocycles. The van der Waals surface area contributed by atoms with Gasteiger partial charge in [-0.25, -0.2) is 4.79 Å². The third-order valence-corrected chi connectivity index (χ3v) is 7.78. The molecule has 190 valence electrons. The number of nitrogens with one attached hydrogen (secondary N) is 1. The van der Waals surface area contributed by atoms with Crippen molar-refractivity contribution in [1.29, 1.82) is 0 Å². The van der Waals surface area contributed by atoms with E-state index in [0.29, 0.717) is 30.9 Å². The Morgan fingerprint density at radius 2 is 1.84 bits per heavy atom. The lowest BCUT2D eigenvalue weighted by Gasteiger charge is -2.33. The zero-order chi connectivity index (χ0) is 25.7. The van der Waals surface area contributed by atoms with Gasteiger partial charge in [0.15, 0.2) is 23.4 Å². The van der Waals surface area contributed by atoms with Crippen molar-refractivity contribution in [3.8, 4) is 11.5 Å². The van der Waals surface area contributed by atoms with E-state index >= 15 is 0 Å². The Bertz CT molecular complexity index is 1430. The predicted molar refractivity (Wildman–Crippen MR) is 136 cm³/mol. The first-order chi connectivity index (χ1) is 17.9. The largest absolute Gasteiger partial charge is 0.486 e. The standard InChI is InChI=1S/C29H29N3O5/c1-18-14-22(19(2)31(18)15-21-17-36-25-11-5-6-12-26(25)37-21)24(33)16-32-27(34)29(30-28(32)35)13-7-9-20-8-3-4-10-23(20)29/h3-6,8,10-12,14,21H,7,9,13,15-17H2,1-2H3,(H,30,35)/t21-,29+/m0/s1. The zero-order valence-corrected chi connectivity index (χ0v) is 21.0. The molecule has 1 aliphatic carbocycles. The number of hydrogen-bond donors (Lipinski definition) is 1. The van der Waals surface area contributed by atoms with E-state index in [1.54, 1.807) is 0 Å². The Morgan fingerprint density at radius 3 is 2.68 bits per heavy atom. The number of ketones is 1. The lowest BCUT2D eigenvalue weighted by molar-refractivity contribution is -0.131. The lowest BCUT2D eigenvalue weighted by atomic mass is 9.76. The number of carbonyl (C=O) groups excluding carboxylic acids is 3. The molecule has 8 nitrogen and oxygen atoms in total. The molecular weight excluding hydrogens is 470 g/mol. The molecule has 6 rings (SSSR count). The quantitative estimate of drug-likeness (QED) is 0.425. The van der Waals surface area contributed by atoms with E-state index in [1.165, 1.54) is 0 Å². The van der Waals surface area contributed by atoms with Gasteiger partial charge in [-0.05, 0) is 62.4 Å². The molecule has 3 heterocycles. The molecule has 37 heavy (non-hydrogen) atoms. The first-order valence-electron chi connectivity index (χ1n) is 12.7. The molecule has 0 unspecified atom stereocenters. The number of amides is 3. The molecule has 1 spiro atoms. The number of nitrogens with zero attached hydrogens (tertiary/aromatic N) is 2. The summed E-state index contributed by atoms with van der Waals surface area (Å²) in [5.74, 6) is 0.810. The topological polar surface area (TPSA) is 89.9 Å². The minimum atomic E-state index is -1.09. The molecule has 1 fully saturated rings. The number of para-hydroxylation sites is 2. The Hall–Kier alpha value is -4.07. The summed E-state index contributed by atoms with van der Waals surface area (Å²) in [7, 11) is 0. The Kier molecular flexibility index (Phi) is 5.55. The van der Waals surface area contributed by atoms with E-state index < -0.39 is 11.6 Å². The van der Waals surface area contributed by atoms with E-state index in [9.17, 15) is 14.4 Å². The number of aryl methyl sites for hydroxylation is 2. The first kappa shape index (κ1) is 23.3. The highest BCUT2D eigenvalue weighted by molar-refractivity contribution is 6.11.